The van der Waals surface area contributed by atoms with E-state index in [-0.39, 0.29) is 37.1 Å². The van der Waals surface area contributed by atoms with E-state index in [9.17, 15) is 24.5 Å². The third kappa shape index (κ3) is 5.72. The molecule has 0 unspecified atom stereocenters. The van der Waals surface area contributed by atoms with Crippen LogP contribution in [0.1, 0.15) is 50.2 Å². The van der Waals surface area contributed by atoms with Crippen molar-refractivity contribution in [2.75, 3.05) is 13.2 Å². The molecule has 2 aliphatic heterocycles. The Balaban J connectivity index is 1.40. The highest BCUT2D eigenvalue weighted by Gasteiger charge is 2.57. The zero-order chi connectivity index (χ0) is 27.5. The molecule has 2 amide bonds. The van der Waals surface area contributed by atoms with Crippen molar-refractivity contribution in [3.8, 4) is 11.5 Å². The lowest BCUT2D eigenvalue weighted by Gasteiger charge is -2.42. The molecule has 0 bridgehead atoms. The fraction of sp³-hybridized carbons (Fsp3) is 0.414. The summed E-state index contributed by atoms with van der Waals surface area (Å²) in [4.78, 5) is 39.3. The average molecular weight is 533 g/mol. The molecule has 2 fully saturated rings. The summed E-state index contributed by atoms with van der Waals surface area (Å²) in [6.07, 6.45) is 1.89. The number of hydrogen-bond donors (Lipinski definition) is 3. The lowest BCUT2D eigenvalue weighted by Crippen LogP contribution is -2.45. The molecule has 204 valence electrons. The van der Waals surface area contributed by atoms with Crippen molar-refractivity contribution in [2.24, 2.45) is 17.8 Å². The molecule has 2 saturated heterocycles. The van der Waals surface area contributed by atoms with Crippen molar-refractivity contribution < 1.29 is 39.0 Å². The minimum Gasteiger partial charge on any atom is -0.508 e. The lowest BCUT2D eigenvalue weighted by atomic mass is 9.55. The molecule has 9 nitrogen and oxygen atoms in total. The number of aliphatic carboxylic acids is 1. The second-order valence-electron chi connectivity index (χ2n) is 10.4. The maximum absolute atomic E-state index is 13.7. The van der Waals surface area contributed by atoms with Gasteiger partial charge in [-0.05, 0) is 72.5 Å². The maximum Gasteiger partial charge on any atom is 0.487 e. The molecule has 5 rings (SSSR count). The molecule has 2 aromatic rings. The summed E-state index contributed by atoms with van der Waals surface area (Å²) in [7, 11) is -1.26. The van der Waals surface area contributed by atoms with Gasteiger partial charge >= 0.3 is 13.1 Å². The first kappa shape index (κ1) is 27.0. The highest BCUT2D eigenvalue weighted by molar-refractivity contribution is 6.53. The number of phenols is 1. The van der Waals surface area contributed by atoms with Crippen LogP contribution in [0.5, 0.6) is 11.5 Å². The highest BCUT2D eigenvalue weighted by Crippen LogP contribution is 2.51. The lowest BCUT2D eigenvalue weighted by molar-refractivity contribution is -0.141. The van der Waals surface area contributed by atoms with E-state index >= 15 is 0 Å². The number of carbonyl (C=O) groups is 3. The number of unbranched alkanes of at least 4 members (excludes halogenated alkanes) is 2. The molecular weight excluding hydrogens is 501 g/mol. The smallest absolute Gasteiger partial charge is 0.487 e. The molecule has 0 spiro atoms. The van der Waals surface area contributed by atoms with Crippen molar-refractivity contribution >= 4 is 24.9 Å². The Bertz CT molecular complexity index is 1250. The average Bonchev–Trinajstić information content (AvgIpc) is 3.16. The summed E-state index contributed by atoms with van der Waals surface area (Å²) >= 11 is 0. The number of allylic oxidation sites excluding steroid dienone is 1. The number of ether oxygens (including phenoxy) is 1. The number of amides is 2. The number of nitrogens with zero attached hydrogens (tertiary/aromatic N) is 1. The number of fused-ring (bicyclic) bond motifs is 3. The van der Waals surface area contributed by atoms with Gasteiger partial charge in [-0.2, -0.15) is 0 Å². The van der Waals surface area contributed by atoms with E-state index in [1.165, 1.54) is 4.90 Å². The molecule has 0 radical (unpaired) electrons. The van der Waals surface area contributed by atoms with E-state index in [0.29, 0.717) is 43.3 Å². The van der Waals surface area contributed by atoms with Crippen LogP contribution in [-0.4, -0.2) is 58.2 Å². The number of hydrogen-bond acceptors (Lipinski definition) is 7. The van der Waals surface area contributed by atoms with Gasteiger partial charge in [-0.25, -0.2) is 0 Å². The third-order valence-electron chi connectivity index (χ3n) is 8.00. The summed E-state index contributed by atoms with van der Waals surface area (Å²) in [5.41, 5.74) is 2.15. The Hall–Kier alpha value is -3.63. The van der Waals surface area contributed by atoms with Gasteiger partial charge < -0.3 is 24.6 Å². The van der Waals surface area contributed by atoms with Gasteiger partial charge in [-0.15, -0.1) is 0 Å². The van der Waals surface area contributed by atoms with Gasteiger partial charge in [0, 0.05) is 13.0 Å². The van der Waals surface area contributed by atoms with E-state index in [4.69, 9.17) is 14.5 Å². The Kier molecular flexibility index (Phi) is 8.04. The van der Waals surface area contributed by atoms with Gasteiger partial charge in [0.1, 0.15) is 18.1 Å². The van der Waals surface area contributed by atoms with Crippen molar-refractivity contribution in [2.45, 2.75) is 44.6 Å². The number of phenolic OH excluding ortho intramolecular Hbond substituents is 1. The number of rotatable bonds is 10. The molecule has 3 N–H and O–H groups in total. The van der Waals surface area contributed by atoms with Crippen molar-refractivity contribution in [3.63, 3.8) is 0 Å². The Morgan fingerprint density at radius 3 is 2.46 bits per heavy atom. The fourth-order valence-electron chi connectivity index (χ4n) is 6.14. The maximum atomic E-state index is 13.7. The Morgan fingerprint density at radius 2 is 1.74 bits per heavy atom. The van der Waals surface area contributed by atoms with Gasteiger partial charge in [0.05, 0.1) is 17.9 Å². The molecule has 3 aliphatic rings. The first-order valence-electron chi connectivity index (χ1n) is 13.4. The van der Waals surface area contributed by atoms with Crippen LogP contribution in [0.4, 0.5) is 0 Å². The van der Waals surface area contributed by atoms with Gasteiger partial charge in [-0.1, -0.05) is 36.8 Å². The largest absolute Gasteiger partial charge is 0.508 e. The topological polar surface area (TPSA) is 134 Å². The van der Waals surface area contributed by atoms with Crippen molar-refractivity contribution in [1.82, 2.24) is 4.90 Å². The third-order valence-corrected chi connectivity index (χ3v) is 8.00. The number of carboxylic acid groups (broad SMARTS) is 1. The summed E-state index contributed by atoms with van der Waals surface area (Å²) in [5, 5.41) is 29.8. The quantitative estimate of drug-likeness (QED) is 0.240. The summed E-state index contributed by atoms with van der Waals surface area (Å²) in [6, 6.07) is 15.8. The molecule has 2 heterocycles. The molecule has 0 saturated carbocycles. The number of carbonyl (C=O) groups excluding carboxylic acids is 2. The Labute approximate surface area is 227 Å². The van der Waals surface area contributed by atoms with Crippen LogP contribution in [0.15, 0.2) is 65.6 Å². The van der Waals surface area contributed by atoms with Gasteiger partial charge in [0.25, 0.3) is 0 Å². The van der Waals surface area contributed by atoms with Crippen LogP contribution >= 0.6 is 0 Å². The predicted molar refractivity (Wildman–Crippen MR) is 141 cm³/mol. The minimum atomic E-state index is -1.26. The molecule has 10 heteroatoms. The predicted octanol–water partition coefficient (Wildman–Crippen LogP) is 3.52. The first-order valence-corrected chi connectivity index (χ1v) is 13.4. The van der Waals surface area contributed by atoms with Crippen LogP contribution in [0.3, 0.4) is 0 Å². The van der Waals surface area contributed by atoms with Crippen molar-refractivity contribution in [3.05, 3.63) is 71.2 Å². The fourth-order valence-corrected chi connectivity index (χ4v) is 6.14. The Morgan fingerprint density at radius 1 is 1.00 bits per heavy atom. The van der Waals surface area contributed by atoms with Crippen LogP contribution in [-0.2, 0) is 19.0 Å². The second-order valence-corrected chi connectivity index (χ2v) is 10.4. The van der Waals surface area contributed by atoms with E-state index in [1.807, 2.05) is 30.3 Å². The van der Waals surface area contributed by atoms with Crippen LogP contribution in [0, 0.1) is 17.8 Å². The molecule has 1 aliphatic carbocycles. The number of para-hydroxylation sites is 1. The number of aromatic hydroxyl groups is 1. The summed E-state index contributed by atoms with van der Waals surface area (Å²) < 4.78 is 12.0. The van der Waals surface area contributed by atoms with Gasteiger partial charge in [0.2, 0.25) is 11.8 Å². The SMILES string of the molecule is O=C(O)CCCCCN1C(=O)[C@H]2[C@H](CC(COc3ccccc3)=C3B(O)O[C@H](c4ccc(O)cc4)C[C@H]32)C1=O. The number of likely N-dealkylation sites (tertiary alicyclic amines) is 1. The number of benzene rings is 2. The van der Waals surface area contributed by atoms with Gasteiger partial charge in [0.15, 0.2) is 0 Å². The monoisotopic (exact) mass is 533 g/mol. The highest BCUT2D eigenvalue weighted by atomic mass is 16.5. The van der Waals surface area contributed by atoms with E-state index in [2.05, 4.69) is 0 Å². The van der Waals surface area contributed by atoms with Crippen LogP contribution in [0.2, 0.25) is 0 Å². The summed E-state index contributed by atoms with van der Waals surface area (Å²) in [5.74, 6) is -2.11. The zero-order valence-electron chi connectivity index (χ0n) is 21.6. The molecular formula is C29H32BNO8. The van der Waals surface area contributed by atoms with E-state index in [1.54, 1.807) is 24.3 Å². The van der Waals surface area contributed by atoms with Crippen molar-refractivity contribution in [1.29, 1.82) is 0 Å². The molecule has 0 aromatic heterocycles. The van der Waals surface area contributed by atoms with Crippen LogP contribution in [0.25, 0.3) is 0 Å². The first-order chi connectivity index (χ1) is 18.8. The van der Waals surface area contributed by atoms with E-state index < -0.39 is 36.9 Å². The molecule has 4 atom stereocenters. The second kappa shape index (κ2) is 11.6. The standard InChI is InChI=1S/C29H32BNO8/c32-20-12-10-18(11-13-20)24-16-22-26-23(28(35)31(29(26)36)14-6-2-5-9-25(33)34)15-19(27(22)30(37)39-24)17-38-21-7-3-1-4-8-21/h1,3-4,7-8,10-13,22-24,26,32,37H,2,5-6,9,14-17H2,(H,33,34)/t22-,23-,24-,26+/m0/s1. The normalized spacial score (nSPS) is 24.5. The molecule has 39 heavy (non-hydrogen) atoms. The number of imide groups is 1. The van der Waals surface area contributed by atoms with Gasteiger partial charge in [-0.3, -0.25) is 19.3 Å². The van der Waals surface area contributed by atoms with Crippen LogP contribution < -0.4 is 4.74 Å². The molecule has 2 aromatic carbocycles. The van der Waals surface area contributed by atoms with E-state index in [0.717, 1.165) is 11.1 Å². The number of carboxylic acids is 1. The minimum absolute atomic E-state index is 0.0593. The zero-order valence-corrected chi connectivity index (χ0v) is 21.6. The summed E-state index contributed by atoms with van der Waals surface area (Å²) in [6.45, 7) is 0.419.